The molecule has 0 saturated carbocycles. The monoisotopic (exact) mass is 255 g/mol. The molecule has 0 aliphatic rings. The van der Waals surface area contributed by atoms with E-state index < -0.39 is 10.0 Å². The van der Waals surface area contributed by atoms with Gasteiger partial charge in [-0.3, -0.25) is 0 Å². The van der Waals surface area contributed by atoms with Gasteiger partial charge in [0.15, 0.2) is 0 Å². The lowest BCUT2D eigenvalue weighted by Crippen LogP contribution is -2.33. The Morgan fingerprint density at radius 3 is 2.24 bits per heavy atom. The molecular formula is C13H21NO2S. The Bertz CT molecular complexity index is 414. The zero-order valence-corrected chi connectivity index (χ0v) is 11.4. The van der Waals surface area contributed by atoms with Crippen LogP contribution in [0, 0.1) is 0 Å². The van der Waals surface area contributed by atoms with E-state index >= 15 is 0 Å². The zero-order chi connectivity index (χ0) is 12.7. The third-order valence-electron chi connectivity index (χ3n) is 2.53. The molecule has 0 atom stereocenters. The van der Waals surface area contributed by atoms with Crippen molar-refractivity contribution in [2.75, 3.05) is 12.3 Å². The maximum Gasteiger partial charge on any atom is 0.214 e. The first-order valence-corrected chi connectivity index (χ1v) is 7.72. The summed E-state index contributed by atoms with van der Waals surface area (Å²) in [6.07, 6.45) is 1.51. The molecule has 0 aromatic heterocycles. The lowest BCUT2D eigenvalue weighted by Gasteiger charge is -2.21. The van der Waals surface area contributed by atoms with Crippen molar-refractivity contribution >= 4 is 10.0 Å². The van der Waals surface area contributed by atoms with E-state index in [4.69, 9.17) is 0 Å². The van der Waals surface area contributed by atoms with Gasteiger partial charge in [0, 0.05) is 13.1 Å². The van der Waals surface area contributed by atoms with Crippen molar-refractivity contribution in [3.05, 3.63) is 35.9 Å². The first-order valence-electron chi connectivity index (χ1n) is 6.12. The number of rotatable bonds is 7. The van der Waals surface area contributed by atoms with E-state index in [-0.39, 0.29) is 5.75 Å². The van der Waals surface area contributed by atoms with Gasteiger partial charge < -0.3 is 0 Å². The van der Waals surface area contributed by atoms with E-state index in [1.54, 1.807) is 4.31 Å². The van der Waals surface area contributed by atoms with E-state index in [0.29, 0.717) is 19.5 Å². The number of nitrogens with zero attached hydrogens (tertiary/aromatic N) is 1. The fraction of sp³-hybridized carbons (Fsp3) is 0.538. The SMILES string of the molecule is CCCN(Cc1ccccc1)S(=O)(=O)CCC. The highest BCUT2D eigenvalue weighted by Gasteiger charge is 2.20. The third-order valence-corrected chi connectivity index (χ3v) is 4.55. The standard InChI is InChI=1S/C13H21NO2S/c1-3-10-14(17(15,16)11-4-2)12-13-8-6-5-7-9-13/h5-9H,3-4,10-12H2,1-2H3. The lowest BCUT2D eigenvalue weighted by molar-refractivity contribution is 0.405. The highest BCUT2D eigenvalue weighted by molar-refractivity contribution is 7.89. The van der Waals surface area contributed by atoms with Crippen molar-refractivity contribution in [2.45, 2.75) is 33.2 Å². The molecule has 0 unspecified atom stereocenters. The van der Waals surface area contributed by atoms with Gasteiger partial charge in [0.2, 0.25) is 10.0 Å². The number of benzene rings is 1. The fourth-order valence-electron chi connectivity index (χ4n) is 1.74. The predicted octanol–water partition coefficient (Wildman–Crippen LogP) is 2.64. The van der Waals surface area contributed by atoms with Crippen molar-refractivity contribution in [1.82, 2.24) is 4.31 Å². The van der Waals surface area contributed by atoms with E-state index in [1.165, 1.54) is 0 Å². The average Bonchev–Trinajstić information content (AvgIpc) is 2.30. The molecule has 96 valence electrons. The third kappa shape index (κ3) is 4.48. The summed E-state index contributed by atoms with van der Waals surface area (Å²) in [6, 6.07) is 9.74. The Kier molecular flexibility index (Phi) is 5.65. The molecule has 1 aromatic carbocycles. The first kappa shape index (κ1) is 14.2. The van der Waals surface area contributed by atoms with Crippen LogP contribution in [-0.2, 0) is 16.6 Å². The molecule has 0 aliphatic carbocycles. The van der Waals surface area contributed by atoms with Crippen LogP contribution in [0.4, 0.5) is 0 Å². The molecule has 0 bridgehead atoms. The summed E-state index contributed by atoms with van der Waals surface area (Å²) in [5.74, 6) is 0.236. The molecule has 1 rings (SSSR count). The summed E-state index contributed by atoms with van der Waals surface area (Å²) in [4.78, 5) is 0. The van der Waals surface area contributed by atoms with Gasteiger partial charge in [0.1, 0.15) is 0 Å². The maximum atomic E-state index is 12.1. The molecule has 0 fully saturated rings. The van der Waals surface area contributed by atoms with Crippen LogP contribution in [0.2, 0.25) is 0 Å². The summed E-state index contributed by atoms with van der Waals surface area (Å²) in [7, 11) is -3.10. The minimum Gasteiger partial charge on any atom is -0.212 e. The fourth-order valence-corrected chi connectivity index (χ4v) is 3.32. The average molecular weight is 255 g/mol. The smallest absolute Gasteiger partial charge is 0.212 e. The molecular weight excluding hydrogens is 234 g/mol. The molecule has 0 N–H and O–H groups in total. The topological polar surface area (TPSA) is 37.4 Å². The summed E-state index contributed by atoms with van der Waals surface area (Å²) in [6.45, 7) is 4.97. The molecule has 0 radical (unpaired) electrons. The van der Waals surface area contributed by atoms with Crippen molar-refractivity contribution in [2.24, 2.45) is 0 Å². The summed E-state index contributed by atoms with van der Waals surface area (Å²) in [5, 5.41) is 0. The number of hydrogen-bond donors (Lipinski definition) is 0. The summed E-state index contributed by atoms with van der Waals surface area (Å²) in [5.41, 5.74) is 1.04. The Morgan fingerprint density at radius 1 is 1.06 bits per heavy atom. The van der Waals surface area contributed by atoms with E-state index in [9.17, 15) is 8.42 Å². The van der Waals surface area contributed by atoms with Gasteiger partial charge in [-0.05, 0) is 18.4 Å². The van der Waals surface area contributed by atoms with Crippen LogP contribution >= 0.6 is 0 Å². The second-order valence-corrected chi connectivity index (χ2v) is 6.22. The quantitative estimate of drug-likeness (QED) is 0.751. The number of sulfonamides is 1. The zero-order valence-electron chi connectivity index (χ0n) is 10.6. The van der Waals surface area contributed by atoms with Gasteiger partial charge >= 0.3 is 0 Å². The van der Waals surface area contributed by atoms with Gasteiger partial charge in [-0.15, -0.1) is 0 Å². The Hall–Kier alpha value is -0.870. The van der Waals surface area contributed by atoms with Crippen LogP contribution in [0.15, 0.2) is 30.3 Å². The largest absolute Gasteiger partial charge is 0.214 e. The van der Waals surface area contributed by atoms with Gasteiger partial charge in [0.25, 0.3) is 0 Å². The number of hydrogen-bond acceptors (Lipinski definition) is 2. The molecule has 0 saturated heterocycles. The molecule has 0 heterocycles. The van der Waals surface area contributed by atoms with E-state index in [1.807, 2.05) is 44.2 Å². The van der Waals surface area contributed by atoms with Crippen LogP contribution in [0.25, 0.3) is 0 Å². The molecule has 17 heavy (non-hydrogen) atoms. The van der Waals surface area contributed by atoms with E-state index in [2.05, 4.69) is 0 Å². The highest BCUT2D eigenvalue weighted by Crippen LogP contribution is 2.11. The second-order valence-electron chi connectivity index (χ2n) is 4.14. The minimum absolute atomic E-state index is 0.236. The molecule has 0 spiro atoms. The van der Waals surface area contributed by atoms with E-state index in [0.717, 1.165) is 12.0 Å². The Balaban J connectivity index is 2.80. The molecule has 0 aliphatic heterocycles. The van der Waals surface area contributed by atoms with Crippen molar-refractivity contribution < 1.29 is 8.42 Å². The molecule has 4 heteroatoms. The molecule has 1 aromatic rings. The van der Waals surface area contributed by atoms with Crippen LogP contribution in [0.5, 0.6) is 0 Å². The second kappa shape index (κ2) is 6.77. The minimum atomic E-state index is -3.10. The highest BCUT2D eigenvalue weighted by atomic mass is 32.2. The normalized spacial score (nSPS) is 11.9. The summed E-state index contributed by atoms with van der Waals surface area (Å²) < 4.78 is 25.7. The Morgan fingerprint density at radius 2 is 1.71 bits per heavy atom. The van der Waals surface area contributed by atoms with Gasteiger partial charge in [-0.2, -0.15) is 4.31 Å². The van der Waals surface area contributed by atoms with Gasteiger partial charge in [0.05, 0.1) is 5.75 Å². The van der Waals surface area contributed by atoms with Crippen molar-refractivity contribution in [3.8, 4) is 0 Å². The van der Waals surface area contributed by atoms with Gasteiger partial charge in [-0.1, -0.05) is 44.2 Å². The van der Waals surface area contributed by atoms with Crippen LogP contribution < -0.4 is 0 Å². The van der Waals surface area contributed by atoms with Gasteiger partial charge in [-0.25, -0.2) is 8.42 Å². The van der Waals surface area contributed by atoms with Crippen molar-refractivity contribution in [3.63, 3.8) is 0 Å². The molecule has 3 nitrogen and oxygen atoms in total. The van der Waals surface area contributed by atoms with Crippen LogP contribution in [-0.4, -0.2) is 25.0 Å². The molecule has 0 amide bonds. The predicted molar refractivity (Wildman–Crippen MR) is 71.2 cm³/mol. The Labute approximate surface area is 105 Å². The lowest BCUT2D eigenvalue weighted by atomic mass is 10.2. The van der Waals surface area contributed by atoms with Crippen molar-refractivity contribution in [1.29, 1.82) is 0 Å². The maximum absolute atomic E-state index is 12.1. The van der Waals surface area contributed by atoms with Crippen LogP contribution in [0.1, 0.15) is 32.3 Å². The van der Waals surface area contributed by atoms with Crippen LogP contribution in [0.3, 0.4) is 0 Å². The first-order chi connectivity index (χ1) is 8.10. The summed E-state index contributed by atoms with van der Waals surface area (Å²) >= 11 is 0.